The van der Waals surface area contributed by atoms with Crippen LogP contribution in [0.2, 0.25) is 0 Å². The summed E-state index contributed by atoms with van der Waals surface area (Å²) in [7, 11) is 0. The van der Waals surface area contributed by atoms with E-state index in [0.717, 1.165) is 12.1 Å². The number of carbonyl (C=O) groups is 1. The molecule has 19 heavy (non-hydrogen) atoms. The number of nitrogens with one attached hydrogen (secondary N) is 2. The highest BCUT2D eigenvalue weighted by atomic mass is 16.3. The molecule has 0 saturated heterocycles. The molecule has 0 heterocycles. The maximum absolute atomic E-state index is 11.5. The third-order valence-electron chi connectivity index (χ3n) is 2.90. The van der Waals surface area contributed by atoms with Crippen molar-refractivity contribution in [2.45, 2.75) is 39.0 Å². The summed E-state index contributed by atoms with van der Waals surface area (Å²) in [6.45, 7) is 2.77. The summed E-state index contributed by atoms with van der Waals surface area (Å²) < 4.78 is 0. The number of benzene rings is 1. The summed E-state index contributed by atoms with van der Waals surface area (Å²) in [6, 6.07) is 7.73. The minimum Gasteiger partial charge on any atom is -0.396 e. The molecular weight excluding hydrogens is 240 g/mol. The van der Waals surface area contributed by atoms with Crippen molar-refractivity contribution < 1.29 is 9.90 Å². The molecule has 0 aliphatic heterocycles. The average molecular weight is 264 g/mol. The van der Waals surface area contributed by atoms with E-state index in [1.807, 2.05) is 12.1 Å². The van der Waals surface area contributed by atoms with Gasteiger partial charge in [-0.3, -0.25) is 0 Å². The number of hydrogen-bond acceptors (Lipinski definition) is 2. The fourth-order valence-corrected chi connectivity index (χ4v) is 1.79. The van der Waals surface area contributed by atoms with Crippen molar-refractivity contribution in [2.24, 2.45) is 0 Å². The lowest BCUT2D eigenvalue weighted by atomic mass is 10.1. The maximum atomic E-state index is 11.5. The fourth-order valence-electron chi connectivity index (χ4n) is 1.79. The standard InChI is InChI=1S/C15H24N2O2/c1-2-3-4-6-13-7-9-14(10-8-13)17-15(19)16-11-5-12-18/h7-10,18H,2-6,11-12H2,1H3,(H2,16,17,19). The van der Waals surface area contributed by atoms with Crippen LogP contribution in [0, 0.1) is 0 Å². The van der Waals surface area contributed by atoms with Crippen LogP contribution in [0.25, 0.3) is 0 Å². The smallest absolute Gasteiger partial charge is 0.319 e. The second kappa shape index (κ2) is 9.39. The predicted octanol–water partition coefficient (Wildman–Crippen LogP) is 2.92. The third kappa shape index (κ3) is 6.82. The van der Waals surface area contributed by atoms with Crippen molar-refractivity contribution in [3.05, 3.63) is 29.8 Å². The van der Waals surface area contributed by atoms with Gasteiger partial charge in [0.15, 0.2) is 0 Å². The van der Waals surface area contributed by atoms with E-state index in [1.165, 1.54) is 24.8 Å². The second-order valence-electron chi connectivity index (χ2n) is 4.61. The molecule has 1 rings (SSSR count). The zero-order chi connectivity index (χ0) is 13.9. The van der Waals surface area contributed by atoms with E-state index >= 15 is 0 Å². The highest BCUT2D eigenvalue weighted by molar-refractivity contribution is 5.89. The molecule has 1 aromatic rings. The Morgan fingerprint density at radius 1 is 1.16 bits per heavy atom. The van der Waals surface area contributed by atoms with Gasteiger partial charge in [0.05, 0.1) is 0 Å². The number of aliphatic hydroxyl groups is 1. The Morgan fingerprint density at radius 3 is 2.53 bits per heavy atom. The predicted molar refractivity (Wildman–Crippen MR) is 78.4 cm³/mol. The molecule has 0 fully saturated rings. The largest absolute Gasteiger partial charge is 0.396 e. The topological polar surface area (TPSA) is 61.4 Å². The van der Waals surface area contributed by atoms with E-state index in [4.69, 9.17) is 5.11 Å². The normalized spacial score (nSPS) is 10.2. The molecular formula is C15H24N2O2. The molecule has 0 bridgehead atoms. The first kappa shape index (κ1) is 15.5. The van der Waals surface area contributed by atoms with Crippen LogP contribution in [-0.4, -0.2) is 24.3 Å². The van der Waals surface area contributed by atoms with Crippen molar-refractivity contribution in [3.63, 3.8) is 0 Å². The molecule has 1 aromatic carbocycles. The molecule has 0 atom stereocenters. The van der Waals surface area contributed by atoms with Crippen LogP contribution in [0.5, 0.6) is 0 Å². The minimum absolute atomic E-state index is 0.0900. The summed E-state index contributed by atoms with van der Waals surface area (Å²) in [5, 5.41) is 14.1. The van der Waals surface area contributed by atoms with Gasteiger partial charge in [0, 0.05) is 18.8 Å². The first-order chi connectivity index (χ1) is 9.26. The number of aryl methyl sites for hydroxylation is 1. The molecule has 0 aliphatic carbocycles. The van der Waals surface area contributed by atoms with Crippen molar-refractivity contribution in [1.29, 1.82) is 0 Å². The van der Waals surface area contributed by atoms with E-state index in [9.17, 15) is 4.79 Å². The average Bonchev–Trinajstić information content (AvgIpc) is 2.41. The van der Waals surface area contributed by atoms with Crippen molar-refractivity contribution >= 4 is 11.7 Å². The van der Waals surface area contributed by atoms with Gasteiger partial charge in [-0.1, -0.05) is 31.9 Å². The first-order valence-corrected chi connectivity index (χ1v) is 7.01. The number of carbonyl (C=O) groups excluding carboxylic acids is 1. The fraction of sp³-hybridized carbons (Fsp3) is 0.533. The molecule has 4 heteroatoms. The number of hydrogen-bond donors (Lipinski definition) is 3. The monoisotopic (exact) mass is 264 g/mol. The summed E-state index contributed by atoms with van der Waals surface area (Å²) >= 11 is 0. The van der Waals surface area contributed by atoms with E-state index < -0.39 is 0 Å². The van der Waals surface area contributed by atoms with Gasteiger partial charge in [0.2, 0.25) is 0 Å². The maximum Gasteiger partial charge on any atom is 0.319 e. The van der Waals surface area contributed by atoms with Gasteiger partial charge in [-0.05, 0) is 37.0 Å². The van der Waals surface area contributed by atoms with Crippen molar-refractivity contribution in [1.82, 2.24) is 5.32 Å². The molecule has 0 radical (unpaired) electrons. The Morgan fingerprint density at radius 2 is 1.89 bits per heavy atom. The molecule has 106 valence electrons. The SMILES string of the molecule is CCCCCc1ccc(NC(=O)NCCCO)cc1. The lowest BCUT2D eigenvalue weighted by molar-refractivity contribution is 0.249. The molecule has 4 nitrogen and oxygen atoms in total. The number of aliphatic hydroxyl groups excluding tert-OH is 1. The molecule has 3 N–H and O–H groups in total. The van der Waals surface area contributed by atoms with Crippen LogP contribution in [0.4, 0.5) is 10.5 Å². The zero-order valence-corrected chi connectivity index (χ0v) is 11.6. The summed E-state index contributed by atoms with van der Waals surface area (Å²) in [5.74, 6) is 0. The first-order valence-electron chi connectivity index (χ1n) is 7.01. The Bertz CT molecular complexity index is 363. The summed E-state index contributed by atoms with van der Waals surface area (Å²) in [6.07, 6.45) is 5.37. The van der Waals surface area contributed by atoms with Gasteiger partial charge in [-0.2, -0.15) is 0 Å². The lowest BCUT2D eigenvalue weighted by Crippen LogP contribution is -2.29. The van der Waals surface area contributed by atoms with E-state index in [0.29, 0.717) is 13.0 Å². The van der Waals surface area contributed by atoms with Gasteiger partial charge in [0.1, 0.15) is 0 Å². The Labute approximate surface area is 115 Å². The van der Waals surface area contributed by atoms with Gasteiger partial charge >= 0.3 is 6.03 Å². The molecule has 0 saturated carbocycles. The van der Waals surface area contributed by atoms with E-state index in [2.05, 4.69) is 29.7 Å². The zero-order valence-electron chi connectivity index (χ0n) is 11.6. The molecule has 0 aromatic heterocycles. The van der Waals surface area contributed by atoms with E-state index in [-0.39, 0.29) is 12.6 Å². The van der Waals surface area contributed by atoms with Crippen molar-refractivity contribution in [3.8, 4) is 0 Å². The van der Waals surface area contributed by atoms with Crippen LogP contribution in [0.3, 0.4) is 0 Å². The summed E-state index contributed by atoms with van der Waals surface area (Å²) in [4.78, 5) is 11.5. The van der Waals surface area contributed by atoms with Crippen LogP contribution < -0.4 is 10.6 Å². The number of amides is 2. The number of anilines is 1. The Balaban J connectivity index is 2.32. The third-order valence-corrected chi connectivity index (χ3v) is 2.90. The van der Waals surface area contributed by atoms with Gasteiger partial charge in [-0.15, -0.1) is 0 Å². The Hall–Kier alpha value is -1.55. The summed E-state index contributed by atoms with van der Waals surface area (Å²) in [5.41, 5.74) is 2.10. The second-order valence-corrected chi connectivity index (χ2v) is 4.61. The highest BCUT2D eigenvalue weighted by Crippen LogP contribution is 2.12. The quantitative estimate of drug-likeness (QED) is 0.632. The molecule has 2 amide bonds. The van der Waals surface area contributed by atoms with E-state index in [1.54, 1.807) is 0 Å². The highest BCUT2D eigenvalue weighted by Gasteiger charge is 2.00. The minimum atomic E-state index is -0.229. The van der Waals surface area contributed by atoms with Crippen LogP contribution >= 0.6 is 0 Å². The molecule has 0 spiro atoms. The van der Waals surface area contributed by atoms with Gasteiger partial charge in [0.25, 0.3) is 0 Å². The molecule has 0 aliphatic rings. The lowest BCUT2D eigenvalue weighted by Gasteiger charge is -2.08. The van der Waals surface area contributed by atoms with Crippen LogP contribution in [0.1, 0.15) is 38.2 Å². The molecule has 0 unspecified atom stereocenters. The number of unbranched alkanes of at least 4 members (excludes halogenated alkanes) is 2. The van der Waals surface area contributed by atoms with Gasteiger partial charge in [-0.25, -0.2) is 4.79 Å². The van der Waals surface area contributed by atoms with Crippen LogP contribution in [-0.2, 0) is 6.42 Å². The number of urea groups is 1. The van der Waals surface area contributed by atoms with Gasteiger partial charge < -0.3 is 15.7 Å². The van der Waals surface area contributed by atoms with Crippen LogP contribution in [0.15, 0.2) is 24.3 Å². The van der Waals surface area contributed by atoms with Crippen molar-refractivity contribution in [2.75, 3.05) is 18.5 Å². The Kier molecular flexibility index (Phi) is 7.66. The number of rotatable bonds is 8.